The molecule has 1 aliphatic heterocycles. The largest absolute Gasteiger partial charge is 0.490 e. The molecule has 2 heterocycles. The Labute approximate surface area is 144 Å². The third kappa shape index (κ3) is 3.98. The van der Waals surface area contributed by atoms with E-state index in [0.717, 1.165) is 28.1 Å². The third-order valence-electron chi connectivity index (χ3n) is 3.66. The van der Waals surface area contributed by atoms with Crippen LogP contribution in [0.5, 0.6) is 5.75 Å². The number of anilines is 1. The SMILES string of the molecule is FC(F)(F)c1ccccc1OC1CCN(c2ncc(Br)s2)CC1. The first-order valence-corrected chi connectivity index (χ1v) is 8.73. The molecule has 1 aromatic carbocycles. The highest BCUT2D eigenvalue weighted by atomic mass is 79.9. The number of alkyl halides is 3. The Bertz CT molecular complexity index is 669. The van der Waals surface area contributed by atoms with Gasteiger partial charge >= 0.3 is 6.18 Å². The van der Waals surface area contributed by atoms with E-state index in [1.165, 1.54) is 12.1 Å². The lowest BCUT2D eigenvalue weighted by Gasteiger charge is -2.32. The Morgan fingerprint density at radius 2 is 1.91 bits per heavy atom. The first-order chi connectivity index (χ1) is 10.9. The van der Waals surface area contributed by atoms with E-state index in [-0.39, 0.29) is 11.9 Å². The maximum absolute atomic E-state index is 13.0. The van der Waals surface area contributed by atoms with Crippen molar-refractivity contribution in [3.05, 3.63) is 39.8 Å². The van der Waals surface area contributed by atoms with Crippen molar-refractivity contribution in [1.29, 1.82) is 0 Å². The molecule has 23 heavy (non-hydrogen) atoms. The maximum Gasteiger partial charge on any atom is 0.419 e. The van der Waals surface area contributed by atoms with Crippen LogP contribution in [0.1, 0.15) is 18.4 Å². The van der Waals surface area contributed by atoms with E-state index < -0.39 is 11.7 Å². The minimum Gasteiger partial charge on any atom is -0.490 e. The van der Waals surface area contributed by atoms with Crippen LogP contribution in [-0.4, -0.2) is 24.2 Å². The average Bonchev–Trinajstić information content (AvgIpc) is 2.94. The van der Waals surface area contributed by atoms with Crippen molar-refractivity contribution < 1.29 is 17.9 Å². The predicted molar refractivity (Wildman–Crippen MR) is 87.1 cm³/mol. The second kappa shape index (κ2) is 6.68. The molecule has 0 aliphatic carbocycles. The van der Waals surface area contributed by atoms with E-state index in [0.29, 0.717) is 12.8 Å². The fourth-order valence-electron chi connectivity index (χ4n) is 2.54. The van der Waals surface area contributed by atoms with Crippen molar-refractivity contribution in [3.8, 4) is 5.75 Å². The Morgan fingerprint density at radius 1 is 1.22 bits per heavy atom. The molecule has 0 bridgehead atoms. The van der Waals surface area contributed by atoms with Gasteiger partial charge < -0.3 is 9.64 Å². The van der Waals surface area contributed by atoms with Crippen LogP contribution in [-0.2, 0) is 6.18 Å². The van der Waals surface area contributed by atoms with Gasteiger partial charge in [-0.25, -0.2) is 4.98 Å². The lowest BCUT2D eigenvalue weighted by molar-refractivity contribution is -0.139. The molecule has 0 amide bonds. The second-order valence-electron chi connectivity index (χ2n) is 5.25. The van der Waals surface area contributed by atoms with Gasteiger partial charge in [0.1, 0.15) is 11.9 Å². The highest BCUT2D eigenvalue weighted by Gasteiger charge is 2.35. The zero-order valence-corrected chi connectivity index (χ0v) is 14.4. The smallest absolute Gasteiger partial charge is 0.419 e. The number of aromatic nitrogens is 1. The van der Waals surface area contributed by atoms with Crippen LogP contribution in [0.4, 0.5) is 18.3 Å². The molecule has 124 valence electrons. The number of hydrogen-bond acceptors (Lipinski definition) is 4. The molecule has 2 aromatic rings. The summed E-state index contributed by atoms with van der Waals surface area (Å²) >= 11 is 4.93. The number of nitrogens with zero attached hydrogens (tertiary/aromatic N) is 2. The van der Waals surface area contributed by atoms with Gasteiger partial charge in [-0.1, -0.05) is 23.5 Å². The number of para-hydroxylation sites is 1. The number of halogens is 4. The molecule has 1 fully saturated rings. The summed E-state index contributed by atoms with van der Waals surface area (Å²) in [5.41, 5.74) is -0.716. The first-order valence-electron chi connectivity index (χ1n) is 7.12. The molecule has 3 rings (SSSR count). The van der Waals surface area contributed by atoms with Crippen LogP contribution >= 0.6 is 27.3 Å². The van der Waals surface area contributed by atoms with Crippen LogP contribution in [0.2, 0.25) is 0 Å². The molecule has 0 atom stereocenters. The van der Waals surface area contributed by atoms with E-state index in [9.17, 15) is 13.2 Å². The number of ether oxygens (including phenoxy) is 1. The van der Waals surface area contributed by atoms with Gasteiger partial charge in [-0.2, -0.15) is 13.2 Å². The molecule has 0 unspecified atom stereocenters. The van der Waals surface area contributed by atoms with Gasteiger partial charge in [-0.05, 0) is 28.1 Å². The highest BCUT2D eigenvalue weighted by Crippen LogP contribution is 2.37. The van der Waals surface area contributed by atoms with Crippen LogP contribution in [0.3, 0.4) is 0 Å². The molecule has 0 N–H and O–H groups in total. The van der Waals surface area contributed by atoms with Gasteiger partial charge in [-0.3, -0.25) is 0 Å². The van der Waals surface area contributed by atoms with Crippen molar-refractivity contribution in [1.82, 2.24) is 4.98 Å². The Morgan fingerprint density at radius 3 is 2.52 bits per heavy atom. The quantitative estimate of drug-likeness (QED) is 0.719. The normalized spacial score (nSPS) is 16.6. The van der Waals surface area contributed by atoms with Crippen LogP contribution in [0, 0.1) is 0 Å². The number of thiazole rings is 1. The standard InChI is InChI=1S/C15H14BrF3N2OS/c16-13-9-20-14(23-13)21-7-5-10(6-8-21)22-12-4-2-1-3-11(12)15(17,18)19/h1-4,9-10H,5-8H2. The van der Waals surface area contributed by atoms with E-state index in [4.69, 9.17) is 4.74 Å². The number of rotatable bonds is 3. The number of hydrogen-bond donors (Lipinski definition) is 0. The first kappa shape index (κ1) is 16.6. The van der Waals surface area contributed by atoms with Crippen LogP contribution in [0.25, 0.3) is 0 Å². The zero-order chi connectivity index (χ0) is 16.4. The molecule has 1 aromatic heterocycles. The van der Waals surface area contributed by atoms with Gasteiger partial charge in [0.15, 0.2) is 5.13 Å². The molecule has 1 saturated heterocycles. The van der Waals surface area contributed by atoms with E-state index in [1.54, 1.807) is 23.6 Å². The highest BCUT2D eigenvalue weighted by molar-refractivity contribution is 9.11. The minimum atomic E-state index is -4.40. The predicted octanol–water partition coefficient (Wildman–Crippen LogP) is 4.97. The van der Waals surface area contributed by atoms with Crippen molar-refractivity contribution in [2.45, 2.75) is 25.1 Å². The van der Waals surface area contributed by atoms with E-state index in [1.807, 2.05) is 0 Å². The molecule has 8 heteroatoms. The summed E-state index contributed by atoms with van der Waals surface area (Å²) in [7, 11) is 0. The molecular weight excluding hydrogens is 393 g/mol. The summed E-state index contributed by atoms with van der Waals surface area (Å²) < 4.78 is 45.6. The van der Waals surface area contributed by atoms with Gasteiger partial charge in [0.25, 0.3) is 0 Å². The average molecular weight is 407 g/mol. The monoisotopic (exact) mass is 406 g/mol. The molecule has 1 aliphatic rings. The third-order valence-corrected chi connectivity index (χ3v) is 5.20. The lowest BCUT2D eigenvalue weighted by atomic mass is 10.1. The fourth-order valence-corrected chi connectivity index (χ4v) is 3.77. The summed E-state index contributed by atoms with van der Waals surface area (Å²) in [5, 5.41) is 0.922. The topological polar surface area (TPSA) is 25.4 Å². The van der Waals surface area contributed by atoms with Gasteiger partial charge in [0, 0.05) is 25.9 Å². The summed E-state index contributed by atoms with van der Waals surface area (Å²) in [4.78, 5) is 6.43. The second-order valence-corrected chi connectivity index (χ2v) is 7.63. The molecule has 0 saturated carbocycles. The number of benzene rings is 1. The van der Waals surface area contributed by atoms with Crippen molar-refractivity contribution in [2.24, 2.45) is 0 Å². The summed E-state index contributed by atoms with van der Waals surface area (Å²) in [6, 6.07) is 5.37. The molecule has 0 radical (unpaired) electrons. The lowest BCUT2D eigenvalue weighted by Crippen LogP contribution is -2.38. The summed E-state index contributed by atoms with van der Waals surface area (Å²) in [5.74, 6) is -0.0876. The minimum absolute atomic E-state index is 0.0876. The Balaban J connectivity index is 1.63. The van der Waals surface area contributed by atoms with Crippen LogP contribution in [0.15, 0.2) is 34.2 Å². The maximum atomic E-state index is 13.0. The van der Waals surface area contributed by atoms with Crippen molar-refractivity contribution in [2.75, 3.05) is 18.0 Å². The zero-order valence-electron chi connectivity index (χ0n) is 12.0. The van der Waals surface area contributed by atoms with E-state index >= 15 is 0 Å². The van der Waals surface area contributed by atoms with E-state index in [2.05, 4.69) is 25.8 Å². The van der Waals surface area contributed by atoms with Crippen LogP contribution < -0.4 is 9.64 Å². The molecule has 0 spiro atoms. The number of piperidine rings is 1. The van der Waals surface area contributed by atoms with Gasteiger partial charge in [0.2, 0.25) is 0 Å². The Hall–Kier alpha value is -1.28. The van der Waals surface area contributed by atoms with Crippen molar-refractivity contribution >= 4 is 32.4 Å². The fraction of sp³-hybridized carbons (Fsp3) is 0.400. The Kier molecular flexibility index (Phi) is 4.82. The van der Waals surface area contributed by atoms with Crippen molar-refractivity contribution in [3.63, 3.8) is 0 Å². The van der Waals surface area contributed by atoms with Gasteiger partial charge in [-0.15, -0.1) is 0 Å². The van der Waals surface area contributed by atoms with Gasteiger partial charge in [0.05, 0.1) is 15.5 Å². The molecular formula is C15H14BrF3N2OS. The summed E-state index contributed by atoms with van der Waals surface area (Å²) in [6.07, 6.45) is -1.52. The molecule has 3 nitrogen and oxygen atoms in total. The summed E-state index contributed by atoms with van der Waals surface area (Å²) in [6.45, 7) is 1.44.